The Labute approximate surface area is 161 Å². The zero-order valence-corrected chi connectivity index (χ0v) is 16.2. The number of ketones is 1. The van der Waals surface area contributed by atoms with Gasteiger partial charge in [-0.15, -0.1) is 11.3 Å². The lowest BCUT2D eigenvalue weighted by molar-refractivity contribution is -0.128. The van der Waals surface area contributed by atoms with E-state index in [0.29, 0.717) is 23.3 Å². The second-order valence-corrected chi connectivity index (χ2v) is 8.11. The number of carbonyl (C=O) groups is 4. The average molecular weight is 387 g/mol. The molecule has 0 aliphatic rings. The summed E-state index contributed by atoms with van der Waals surface area (Å²) in [4.78, 5) is 47.9. The van der Waals surface area contributed by atoms with Crippen molar-refractivity contribution in [2.75, 3.05) is 6.61 Å². The zero-order chi connectivity index (χ0) is 20.0. The van der Waals surface area contributed by atoms with Gasteiger partial charge < -0.3 is 10.1 Å². The van der Waals surface area contributed by atoms with E-state index in [9.17, 15) is 19.2 Å². The van der Waals surface area contributed by atoms with Gasteiger partial charge in [0.2, 0.25) is 11.7 Å². The Morgan fingerprint density at radius 3 is 2.33 bits per heavy atom. The lowest BCUT2D eigenvalue weighted by atomic mass is 9.96. The number of hydrogen-bond donors (Lipinski definition) is 1. The van der Waals surface area contributed by atoms with Crippen LogP contribution in [-0.2, 0) is 16.1 Å². The van der Waals surface area contributed by atoms with Crippen molar-refractivity contribution in [3.8, 4) is 0 Å². The van der Waals surface area contributed by atoms with Crippen LogP contribution in [-0.4, -0.2) is 30.6 Å². The van der Waals surface area contributed by atoms with Gasteiger partial charge in [-0.3, -0.25) is 14.4 Å². The molecule has 1 heterocycles. The van der Waals surface area contributed by atoms with Crippen LogP contribution >= 0.6 is 11.3 Å². The van der Waals surface area contributed by atoms with E-state index in [1.807, 2.05) is 20.8 Å². The lowest BCUT2D eigenvalue weighted by Gasteiger charge is -2.17. The number of Topliss-reactive ketones (excluding diaryl/α,β-unsaturated/α-hetero) is 1. The van der Waals surface area contributed by atoms with E-state index in [0.717, 1.165) is 4.88 Å². The summed E-state index contributed by atoms with van der Waals surface area (Å²) in [7, 11) is 0. The summed E-state index contributed by atoms with van der Waals surface area (Å²) in [6.07, 6.45) is 0.678. The molecule has 6 nitrogen and oxygen atoms in total. The van der Waals surface area contributed by atoms with Crippen LogP contribution in [0.2, 0.25) is 0 Å². The van der Waals surface area contributed by atoms with Crippen LogP contribution < -0.4 is 5.32 Å². The number of aldehydes is 1. The molecule has 0 atom stereocenters. The summed E-state index contributed by atoms with van der Waals surface area (Å²) in [5.74, 6) is -1.01. The molecule has 0 aliphatic heterocycles. The van der Waals surface area contributed by atoms with Gasteiger partial charge in [-0.1, -0.05) is 32.9 Å². The molecule has 2 rings (SSSR count). The number of esters is 1. The van der Waals surface area contributed by atoms with E-state index in [1.54, 1.807) is 12.1 Å². The molecule has 0 fully saturated rings. The third-order valence-electron chi connectivity index (χ3n) is 3.66. The Morgan fingerprint density at radius 1 is 1.07 bits per heavy atom. The van der Waals surface area contributed by atoms with Crippen LogP contribution in [0.3, 0.4) is 0 Å². The van der Waals surface area contributed by atoms with Crippen LogP contribution in [0, 0.1) is 5.41 Å². The fourth-order valence-electron chi connectivity index (χ4n) is 2.04. The normalized spacial score (nSPS) is 10.9. The van der Waals surface area contributed by atoms with Crippen LogP contribution in [0.5, 0.6) is 0 Å². The maximum atomic E-state index is 12.2. The third-order valence-corrected chi connectivity index (χ3v) is 4.78. The maximum Gasteiger partial charge on any atom is 0.338 e. The molecule has 0 aliphatic carbocycles. The second kappa shape index (κ2) is 8.73. The van der Waals surface area contributed by atoms with E-state index in [1.165, 1.54) is 35.6 Å². The fraction of sp³-hybridized carbons (Fsp3) is 0.300. The van der Waals surface area contributed by atoms with E-state index in [4.69, 9.17) is 4.74 Å². The molecule has 7 heteroatoms. The van der Waals surface area contributed by atoms with Crippen molar-refractivity contribution in [2.24, 2.45) is 5.41 Å². The Morgan fingerprint density at radius 2 is 1.74 bits per heavy atom. The molecule has 27 heavy (non-hydrogen) atoms. The highest BCUT2D eigenvalue weighted by atomic mass is 32.1. The van der Waals surface area contributed by atoms with Gasteiger partial charge in [-0.25, -0.2) is 4.79 Å². The number of amides is 1. The Bertz CT molecular complexity index is 846. The Kier molecular flexibility index (Phi) is 6.63. The van der Waals surface area contributed by atoms with Gasteiger partial charge in [0, 0.05) is 15.9 Å². The van der Waals surface area contributed by atoms with Crippen molar-refractivity contribution >= 4 is 35.3 Å². The summed E-state index contributed by atoms with van der Waals surface area (Å²) in [6.45, 7) is 5.45. The average Bonchev–Trinajstić information content (AvgIpc) is 3.12. The van der Waals surface area contributed by atoms with Crippen molar-refractivity contribution in [3.05, 3.63) is 57.3 Å². The van der Waals surface area contributed by atoms with E-state index < -0.39 is 11.4 Å². The number of benzene rings is 1. The predicted octanol–water partition coefficient (Wildman–Crippen LogP) is 3.26. The molecule has 1 N–H and O–H groups in total. The molecule has 0 saturated carbocycles. The van der Waals surface area contributed by atoms with Gasteiger partial charge in [0.05, 0.1) is 17.0 Å². The number of hydrogen-bond acceptors (Lipinski definition) is 6. The molecule has 1 aromatic carbocycles. The van der Waals surface area contributed by atoms with Gasteiger partial charge in [0.25, 0.3) is 0 Å². The van der Waals surface area contributed by atoms with Crippen molar-refractivity contribution in [1.82, 2.24) is 5.32 Å². The highest BCUT2D eigenvalue weighted by Crippen LogP contribution is 2.19. The highest BCUT2D eigenvalue weighted by molar-refractivity contribution is 7.14. The standard InChI is InChI=1S/C20H21NO5S/c1-20(2,3)19(25)21-10-15-8-9-17(27-15)16(23)12-26-18(24)14-6-4-13(11-22)5-7-14/h4-9,11H,10,12H2,1-3H3,(H,21,25). The molecule has 142 valence electrons. The molecular formula is C20H21NO5S. The predicted molar refractivity (Wildman–Crippen MR) is 102 cm³/mol. The van der Waals surface area contributed by atoms with Gasteiger partial charge >= 0.3 is 5.97 Å². The number of nitrogens with one attached hydrogen (secondary N) is 1. The number of ether oxygens (including phenoxy) is 1. The summed E-state index contributed by atoms with van der Waals surface area (Å²) in [6, 6.07) is 9.36. The van der Waals surface area contributed by atoms with Crippen molar-refractivity contribution in [3.63, 3.8) is 0 Å². The number of thiophene rings is 1. The molecule has 0 bridgehead atoms. The molecule has 1 aromatic heterocycles. The summed E-state index contributed by atoms with van der Waals surface area (Å²) < 4.78 is 5.03. The first kappa shape index (κ1) is 20.5. The largest absolute Gasteiger partial charge is 0.454 e. The minimum absolute atomic E-state index is 0.0710. The summed E-state index contributed by atoms with van der Waals surface area (Å²) in [5, 5.41) is 2.82. The van der Waals surface area contributed by atoms with E-state index in [-0.39, 0.29) is 23.9 Å². The van der Waals surface area contributed by atoms with Crippen molar-refractivity contribution in [1.29, 1.82) is 0 Å². The maximum absolute atomic E-state index is 12.2. The van der Waals surface area contributed by atoms with Gasteiger partial charge in [-0.2, -0.15) is 0 Å². The van der Waals surface area contributed by atoms with Gasteiger partial charge in [0.1, 0.15) is 6.29 Å². The first-order chi connectivity index (χ1) is 12.7. The summed E-state index contributed by atoms with van der Waals surface area (Å²) >= 11 is 1.25. The second-order valence-electron chi connectivity index (χ2n) is 6.94. The minimum Gasteiger partial charge on any atom is -0.454 e. The molecule has 0 spiro atoms. The Balaban J connectivity index is 1.87. The topological polar surface area (TPSA) is 89.5 Å². The fourth-order valence-corrected chi connectivity index (χ4v) is 2.91. The molecule has 0 radical (unpaired) electrons. The number of carbonyl (C=O) groups excluding carboxylic acids is 4. The Hall–Kier alpha value is -2.80. The highest BCUT2D eigenvalue weighted by Gasteiger charge is 2.21. The molecule has 0 saturated heterocycles. The zero-order valence-electron chi connectivity index (χ0n) is 15.4. The third kappa shape index (κ3) is 5.86. The van der Waals surface area contributed by atoms with E-state index in [2.05, 4.69) is 5.32 Å². The molecular weight excluding hydrogens is 366 g/mol. The van der Waals surface area contributed by atoms with Crippen LogP contribution in [0.15, 0.2) is 36.4 Å². The minimum atomic E-state index is -0.630. The molecule has 2 aromatic rings. The molecule has 1 amide bonds. The smallest absolute Gasteiger partial charge is 0.338 e. The van der Waals surface area contributed by atoms with Crippen molar-refractivity contribution in [2.45, 2.75) is 27.3 Å². The number of rotatable bonds is 7. The SMILES string of the molecule is CC(C)(C)C(=O)NCc1ccc(C(=O)COC(=O)c2ccc(C=O)cc2)s1. The lowest BCUT2D eigenvalue weighted by Crippen LogP contribution is -2.34. The van der Waals surface area contributed by atoms with E-state index >= 15 is 0 Å². The van der Waals surface area contributed by atoms with Crippen molar-refractivity contribution < 1.29 is 23.9 Å². The quantitative estimate of drug-likeness (QED) is 0.447. The summed E-state index contributed by atoms with van der Waals surface area (Å²) in [5.41, 5.74) is 0.242. The van der Waals surface area contributed by atoms with Crippen LogP contribution in [0.4, 0.5) is 0 Å². The first-order valence-corrected chi connectivity index (χ1v) is 9.15. The monoisotopic (exact) mass is 387 g/mol. The van der Waals surface area contributed by atoms with Gasteiger partial charge in [-0.05, 0) is 24.3 Å². The van der Waals surface area contributed by atoms with Crippen LogP contribution in [0.1, 0.15) is 56.0 Å². The first-order valence-electron chi connectivity index (χ1n) is 8.33. The van der Waals surface area contributed by atoms with Crippen LogP contribution in [0.25, 0.3) is 0 Å². The molecule has 0 unspecified atom stereocenters. The van der Waals surface area contributed by atoms with Gasteiger partial charge in [0.15, 0.2) is 6.61 Å².